The van der Waals surface area contributed by atoms with Crippen molar-refractivity contribution in [1.29, 1.82) is 0 Å². The Morgan fingerprint density at radius 3 is 2.64 bits per heavy atom. The maximum absolute atomic E-state index is 5.33. The van der Waals surface area contributed by atoms with E-state index in [1.807, 2.05) is 6.92 Å². The Labute approximate surface area is 88.4 Å². The van der Waals surface area contributed by atoms with Gasteiger partial charge in [-0.1, -0.05) is 6.92 Å². The molecular weight excluding hydrogens is 174 g/mol. The van der Waals surface area contributed by atoms with Gasteiger partial charge in [-0.3, -0.25) is 0 Å². The maximum Gasteiger partial charge on any atom is 0.0696 e. The standard InChI is InChI=1S/C12H23NO/c1-5-7-8-9-12(11(3)14-4)13-10-6-2/h11-13H,6,8-10H2,1-4H3. The van der Waals surface area contributed by atoms with E-state index in [1.54, 1.807) is 7.11 Å². The van der Waals surface area contributed by atoms with Crippen LogP contribution in [0.1, 0.15) is 40.0 Å². The highest BCUT2D eigenvalue weighted by atomic mass is 16.5. The molecule has 0 aromatic heterocycles. The molecule has 1 N–H and O–H groups in total. The van der Waals surface area contributed by atoms with E-state index in [0.717, 1.165) is 25.8 Å². The molecule has 0 fully saturated rings. The zero-order valence-corrected chi connectivity index (χ0v) is 9.89. The Morgan fingerprint density at radius 1 is 1.43 bits per heavy atom. The van der Waals surface area contributed by atoms with Crippen molar-refractivity contribution in [1.82, 2.24) is 5.32 Å². The molecule has 0 amide bonds. The van der Waals surface area contributed by atoms with Crippen molar-refractivity contribution < 1.29 is 4.74 Å². The zero-order valence-electron chi connectivity index (χ0n) is 9.89. The van der Waals surface area contributed by atoms with Crippen LogP contribution in [0, 0.1) is 11.8 Å². The number of hydrogen-bond acceptors (Lipinski definition) is 2. The van der Waals surface area contributed by atoms with Gasteiger partial charge in [0.1, 0.15) is 0 Å². The predicted octanol–water partition coefficient (Wildman–Crippen LogP) is 2.19. The summed E-state index contributed by atoms with van der Waals surface area (Å²) in [7, 11) is 1.76. The van der Waals surface area contributed by atoms with Crippen molar-refractivity contribution >= 4 is 0 Å². The normalized spacial score (nSPS) is 14.3. The molecule has 2 nitrogen and oxygen atoms in total. The van der Waals surface area contributed by atoms with Crippen LogP contribution in [-0.2, 0) is 4.74 Å². The lowest BCUT2D eigenvalue weighted by atomic mass is 10.1. The van der Waals surface area contributed by atoms with Crippen LogP contribution in [0.2, 0.25) is 0 Å². The van der Waals surface area contributed by atoms with Crippen molar-refractivity contribution in [3.63, 3.8) is 0 Å². The first-order valence-corrected chi connectivity index (χ1v) is 5.42. The molecule has 82 valence electrons. The van der Waals surface area contributed by atoms with E-state index in [4.69, 9.17) is 4.74 Å². The van der Waals surface area contributed by atoms with E-state index in [1.165, 1.54) is 0 Å². The van der Waals surface area contributed by atoms with Crippen LogP contribution in [0.25, 0.3) is 0 Å². The van der Waals surface area contributed by atoms with Gasteiger partial charge < -0.3 is 10.1 Å². The van der Waals surface area contributed by atoms with Crippen LogP contribution in [0.15, 0.2) is 0 Å². The third-order valence-electron chi connectivity index (χ3n) is 2.35. The number of methoxy groups -OCH3 is 1. The minimum atomic E-state index is 0.264. The lowest BCUT2D eigenvalue weighted by molar-refractivity contribution is 0.0806. The lowest BCUT2D eigenvalue weighted by Crippen LogP contribution is -2.39. The molecule has 0 saturated carbocycles. The molecule has 14 heavy (non-hydrogen) atoms. The number of nitrogens with one attached hydrogen (secondary N) is 1. The first kappa shape index (κ1) is 13.5. The third kappa shape index (κ3) is 6.01. The minimum Gasteiger partial charge on any atom is -0.380 e. The van der Waals surface area contributed by atoms with Gasteiger partial charge in [-0.2, -0.15) is 0 Å². The van der Waals surface area contributed by atoms with E-state index < -0.39 is 0 Å². The highest BCUT2D eigenvalue weighted by molar-refractivity contribution is 4.96. The molecule has 0 aliphatic rings. The monoisotopic (exact) mass is 197 g/mol. The molecule has 2 atom stereocenters. The number of rotatable bonds is 7. The summed E-state index contributed by atoms with van der Waals surface area (Å²) in [6.45, 7) is 7.21. The van der Waals surface area contributed by atoms with Crippen LogP contribution in [0.3, 0.4) is 0 Å². The fourth-order valence-corrected chi connectivity index (χ4v) is 1.35. The number of ether oxygens (including phenoxy) is 1. The molecule has 0 rings (SSSR count). The first-order chi connectivity index (χ1) is 6.76. The molecule has 0 heterocycles. The van der Waals surface area contributed by atoms with Gasteiger partial charge in [0.15, 0.2) is 0 Å². The summed E-state index contributed by atoms with van der Waals surface area (Å²) in [5, 5.41) is 3.49. The van der Waals surface area contributed by atoms with Gasteiger partial charge in [-0.25, -0.2) is 0 Å². The van der Waals surface area contributed by atoms with Crippen LogP contribution in [-0.4, -0.2) is 25.8 Å². The van der Waals surface area contributed by atoms with Crippen molar-refractivity contribution in [3.8, 4) is 11.8 Å². The van der Waals surface area contributed by atoms with Gasteiger partial charge in [-0.15, -0.1) is 11.8 Å². The van der Waals surface area contributed by atoms with E-state index in [2.05, 4.69) is 31.0 Å². The Bertz CT molecular complexity index is 180. The highest BCUT2D eigenvalue weighted by Gasteiger charge is 2.14. The van der Waals surface area contributed by atoms with Crippen LogP contribution < -0.4 is 5.32 Å². The van der Waals surface area contributed by atoms with Crippen molar-refractivity contribution in [3.05, 3.63) is 0 Å². The van der Waals surface area contributed by atoms with Crippen molar-refractivity contribution in [2.45, 2.75) is 52.2 Å². The Hall–Kier alpha value is -0.520. The van der Waals surface area contributed by atoms with Crippen molar-refractivity contribution in [2.24, 2.45) is 0 Å². The molecule has 0 radical (unpaired) electrons. The largest absolute Gasteiger partial charge is 0.380 e. The SMILES string of the molecule is CC#CCCC(NCCC)C(C)OC. The van der Waals surface area contributed by atoms with Gasteiger partial charge >= 0.3 is 0 Å². The smallest absolute Gasteiger partial charge is 0.0696 e. The Balaban J connectivity index is 3.87. The third-order valence-corrected chi connectivity index (χ3v) is 2.35. The summed E-state index contributed by atoms with van der Waals surface area (Å²) in [4.78, 5) is 0. The fraction of sp³-hybridized carbons (Fsp3) is 0.833. The van der Waals surface area contributed by atoms with E-state index in [-0.39, 0.29) is 6.10 Å². The number of hydrogen-bond donors (Lipinski definition) is 1. The second-order valence-electron chi connectivity index (χ2n) is 3.47. The van der Waals surface area contributed by atoms with Crippen LogP contribution >= 0.6 is 0 Å². The van der Waals surface area contributed by atoms with E-state index in [0.29, 0.717) is 6.04 Å². The molecular formula is C12H23NO. The van der Waals surface area contributed by atoms with Gasteiger partial charge in [0, 0.05) is 19.6 Å². The van der Waals surface area contributed by atoms with Gasteiger partial charge in [0.25, 0.3) is 0 Å². The summed E-state index contributed by atoms with van der Waals surface area (Å²) in [6, 6.07) is 0.431. The molecule has 0 aliphatic carbocycles. The summed E-state index contributed by atoms with van der Waals surface area (Å²) >= 11 is 0. The molecule has 2 heteroatoms. The molecule has 0 spiro atoms. The summed E-state index contributed by atoms with van der Waals surface area (Å²) in [6.07, 6.45) is 3.44. The fourth-order valence-electron chi connectivity index (χ4n) is 1.35. The lowest BCUT2D eigenvalue weighted by Gasteiger charge is -2.23. The van der Waals surface area contributed by atoms with E-state index >= 15 is 0 Å². The Kier molecular flexibility index (Phi) is 8.72. The van der Waals surface area contributed by atoms with Crippen LogP contribution in [0.4, 0.5) is 0 Å². The molecule has 0 aromatic carbocycles. The second-order valence-corrected chi connectivity index (χ2v) is 3.47. The topological polar surface area (TPSA) is 21.3 Å². The predicted molar refractivity (Wildman–Crippen MR) is 61.2 cm³/mol. The van der Waals surface area contributed by atoms with Crippen molar-refractivity contribution in [2.75, 3.05) is 13.7 Å². The first-order valence-electron chi connectivity index (χ1n) is 5.42. The zero-order chi connectivity index (χ0) is 10.8. The van der Waals surface area contributed by atoms with Gasteiger partial charge in [-0.05, 0) is 33.2 Å². The molecule has 2 unspecified atom stereocenters. The molecule has 0 aromatic rings. The van der Waals surface area contributed by atoms with E-state index in [9.17, 15) is 0 Å². The molecule has 0 aliphatic heterocycles. The summed E-state index contributed by atoms with van der Waals surface area (Å²) < 4.78 is 5.33. The van der Waals surface area contributed by atoms with Gasteiger partial charge in [0.2, 0.25) is 0 Å². The highest BCUT2D eigenvalue weighted by Crippen LogP contribution is 2.05. The quantitative estimate of drug-likeness (QED) is 0.632. The molecule has 0 saturated heterocycles. The average molecular weight is 197 g/mol. The van der Waals surface area contributed by atoms with Gasteiger partial charge in [0.05, 0.1) is 6.10 Å². The Morgan fingerprint density at radius 2 is 2.14 bits per heavy atom. The average Bonchev–Trinajstić information content (AvgIpc) is 2.22. The summed E-state index contributed by atoms with van der Waals surface area (Å²) in [5.74, 6) is 6.01. The maximum atomic E-state index is 5.33. The van der Waals surface area contributed by atoms with Crippen LogP contribution in [0.5, 0.6) is 0 Å². The second kappa shape index (κ2) is 9.05. The minimum absolute atomic E-state index is 0.264. The summed E-state index contributed by atoms with van der Waals surface area (Å²) in [5.41, 5.74) is 0. The molecule has 0 bridgehead atoms.